The van der Waals surface area contributed by atoms with E-state index in [0.29, 0.717) is 10.8 Å². The molecule has 4 nitrogen and oxygen atoms in total. The van der Waals surface area contributed by atoms with Crippen LogP contribution in [0.2, 0.25) is 0 Å². The first-order chi connectivity index (χ1) is 10.4. The number of hydrogen-bond acceptors (Lipinski definition) is 3. The topological polar surface area (TPSA) is 30.9 Å². The summed E-state index contributed by atoms with van der Waals surface area (Å²) in [7, 11) is 1.92. The molecule has 2 aliphatic heterocycles. The van der Waals surface area contributed by atoms with Crippen LogP contribution in [-0.2, 0) is 0 Å². The average Bonchev–Trinajstić information content (AvgIpc) is 2.47. The van der Waals surface area contributed by atoms with Crippen molar-refractivity contribution in [2.24, 2.45) is 10.9 Å². The molecular weight excluding hydrogens is 292 g/mol. The Labute approximate surface area is 141 Å². The molecule has 0 aliphatic carbocycles. The van der Waals surface area contributed by atoms with Crippen molar-refractivity contribution in [2.75, 3.05) is 45.5 Å². The number of aliphatic imine (C=N–C) groups is 1. The summed E-state index contributed by atoms with van der Waals surface area (Å²) in [5, 5.41) is 3.65. The molecule has 2 aliphatic rings. The van der Waals surface area contributed by atoms with Crippen LogP contribution in [0.1, 0.15) is 40.5 Å². The van der Waals surface area contributed by atoms with Gasteiger partial charge < -0.3 is 15.1 Å². The SMILES string of the molecule is CN=C(NCC1CCCN(C(C)C)C1)N1CCSC(C)(C)C1. The molecule has 1 atom stereocenters. The van der Waals surface area contributed by atoms with Crippen LogP contribution < -0.4 is 5.32 Å². The van der Waals surface area contributed by atoms with E-state index >= 15 is 0 Å². The first-order valence-electron chi connectivity index (χ1n) is 8.75. The Bertz CT molecular complexity index is 381. The van der Waals surface area contributed by atoms with E-state index in [-0.39, 0.29) is 0 Å². The second-order valence-corrected chi connectivity index (χ2v) is 9.36. The Kier molecular flexibility index (Phi) is 6.45. The summed E-state index contributed by atoms with van der Waals surface area (Å²) in [6, 6.07) is 0.669. The van der Waals surface area contributed by atoms with Crippen LogP contribution in [0, 0.1) is 5.92 Å². The third kappa shape index (κ3) is 5.05. The summed E-state index contributed by atoms with van der Waals surface area (Å²) in [6.45, 7) is 15.0. The van der Waals surface area contributed by atoms with Crippen molar-refractivity contribution in [3.63, 3.8) is 0 Å². The van der Waals surface area contributed by atoms with Gasteiger partial charge in [0.2, 0.25) is 0 Å². The number of likely N-dealkylation sites (tertiary alicyclic amines) is 1. The summed E-state index contributed by atoms with van der Waals surface area (Å²) < 4.78 is 0.329. The molecule has 0 spiro atoms. The lowest BCUT2D eigenvalue weighted by atomic mass is 9.97. The number of rotatable bonds is 3. The predicted octanol–water partition coefficient (Wildman–Crippen LogP) is 2.51. The van der Waals surface area contributed by atoms with Gasteiger partial charge in [0.1, 0.15) is 0 Å². The fourth-order valence-electron chi connectivity index (χ4n) is 3.50. The normalized spacial score (nSPS) is 27.3. The monoisotopic (exact) mass is 326 g/mol. The Morgan fingerprint density at radius 1 is 1.36 bits per heavy atom. The van der Waals surface area contributed by atoms with E-state index in [0.717, 1.165) is 31.5 Å². The van der Waals surface area contributed by atoms with E-state index in [9.17, 15) is 0 Å². The minimum atomic E-state index is 0.329. The molecule has 2 fully saturated rings. The van der Waals surface area contributed by atoms with E-state index in [4.69, 9.17) is 0 Å². The summed E-state index contributed by atoms with van der Waals surface area (Å²) in [6.07, 6.45) is 2.67. The molecular formula is C17H34N4S. The first kappa shape index (κ1) is 17.9. The van der Waals surface area contributed by atoms with E-state index in [1.807, 2.05) is 7.05 Å². The maximum absolute atomic E-state index is 4.52. The third-order valence-electron chi connectivity index (χ3n) is 4.77. The molecule has 0 bridgehead atoms. The maximum atomic E-state index is 4.52. The van der Waals surface area contributed by atoms with Crippen LogP contribution in [0.15, 0.2) is 4.99 Å². The van der Waals surface area contributed by atoms with Crippen LogP contribution in [0.5, 0.6) is 0 Å². The van der Waals surface area contributed by atoms with Crippen molar-refractivity contribution in [2.45, 2.75) is 51.3 Å². The van der Waals surface area contributed by atoms with Crippen LogP contribution in [0.3, 0.4) is 0 Å². The molecule has 0 radical (unpaired) electrons. The van der Waals surface area contributed by atoms with E-state index in [1.165, 1.54) is 31.7 Å². The number of piperidine rings is 1. The number of thioether (sulfide) groups is 1. The van der Waals surface area contributed by atoms with Gasteiger partial charge in [-0.1, -0.05) is 0 Å². The van der Waals surface area contributed by atoms with E-state index in [1.54, 1.807) is 0 Å². The molecule has 5 heteroatoms. The lowest BCUT2D eigenvalue weighted by Crippen LogP contribution is -2.52. The second-order valence-electron chi connectivity index (χ2n) is 7.55. The van der Waals surface area contributed by atoms with Crippen molar-refractivity contribution < 1.29 is 0 Å². The molecule has 1 N–H and O–H groups in total. The molecule has 2 heterocycles. The highest BCUT2D eigenvalue weighted by Crippen LogP contribution is 2.29. The smallest absolute Gasteiger partial charge is 0.193 e. The Morgan fingerprint density at radius 2 is 2.14 bits per heavy atom. The molecule has 0 aromatic rings. The van der Waals surface area contributed by atoms with Crippen LogP contribution in [0.25, 0.3) is 0 Å². The zero-order chi connectivity index (χ0) is 16.2. The van der Waals surface area contributed by atoms with Crippen molar-refractivity contribution in [3.05, 3.63) is 0 Å². The molecule has 2 saturated heterocycles. The summed E-state index contributed by atoms with van der Waals surface area (Å²) >= 11 is 2.07. The van der Waals surface area contributed by atoms with Crippen molar-refractivity contribution in [1.29, 1.82) is 0 Å². The fourth-order valence-corrected chi connectivity index (χ4v) is 4.61. The molecule has 0 aromatic heterocycles. The fraction of sp³-hybridized carbons (Fsp3) is 0.941. The van der Waals surface area contributed by atoms with E-state index < -0.39 is 0 Å². The molecule has 0 amide bonds. The quantitative estimate of drug-likeness (QED) is 0.638. The molecule has 128 valence electrons. The summed E-state index contributed by atoms with van der Waals surface area (Å²) in [5.74, 6) is 3.04. The van der Waals surface area contributed by atoms with Gasteiger partial charge in [-0.2, -0.15) is 11.8 Å². The Balaban J connectivity index is 1.83. The standard InChI is InChI=1S/C17H34N4S/c1-14(2)20-8-6-7-15(12-20)11-19-16(18-5)21-9-10-22-17(3,4)13-21/h14-15H,6-13H2,1-5H3,(H,18,19). The van der Waals surface area contributed by atoms with Gasteiger partial charge in [0, 0.05) is 49.8 Å². The highest BCUT2D eigenvalue weighted by molar-refractivity contribution is 8.00. The van der Waals surface area contributed by atoms with Gasteiger partial charge in [-0.3, -0.25) is 4.99 Å². The highest BCUT2D eigenvalue weighted by Gasteiger charge is 2.29. The second kappa shape index (κ2) is 7.91. The van der Waals surface area contributed by atoms with Gasteiger partial charge in [0.15, 0.2) is 5.96 Å². The lowest BCUT2D eigenvalue weighted by Gasteiger charge is -2.40. The molecule has 1 unspecified atom stereocenters. The van der Waals surface area contributed by atoms with Gasteiger partial charge in [-0.15, -0.1) is 0 Å². The van der Waals surface area contributed by atoms with Gasteiger partial charge in [-0.05, 0) is 53.0 Å². The van der Waals surface area contributed by atoms with Gasteiger partial charge in [-0.25, -0.2) is 0 Å². The summed E-state index contributed by atoms with van der Waals surface area (Å²) in [4.78, 5) is 9.56. The van der Waals surface area contributed by atoms with Crippen molar-refractivity contribution >= 4 is 17.7 Å². The molecule has 0 saturated carbocycles. The minimum Gasteiger partial charge on any atom is -0.356 e. The van der Waals surface area contributed by atoms with Crippen LogP contribution >= 0.6 is 11.8 Å². The Hall–Kier alpha value is -0.420. The Morgan fingerprint density at radius 3 is 2.77 bits per heavy atom. The largest absolute Gasteiger partial charge is 0.356 e. The molecule has 0 aromatic carbocycles. The number of guanidine groups is 1. The molecule has 22 heavy (non-hydrogen) atoms. The van der Waals surface area contributed by atoms with Crippen molar-refractivity contribution in [1.82, 2.24) is 15.1 Å². The highest BCUT2D eigenvalue weighted by atomic mass is 32.2. The van der Waals surface area contributed by atoms with Crippen molar-refractivity contribution in [3.8, 4) is 0 Å². The minimum absolute atomic E-state index is 0.329. The van der Waals surface area contributed by atoms with Gasteiger partial charge in [0.25, 0.3) is 0 Å². The zero-order valence-corrected chi connectivity index (χ0v) is 15.9. The maximum Gasteiger partial charge on any atom is 0.193 e. The predicted molar refractivity (Wildman–Crippen MR) is 98.9 cm³/mol. The van der Waals surface area contributed by atoms with Crippen LogP contribution in [0.4, 0.5) is 0 Å². The van der Waals surface area contributed by atoms with Gasteiger partial charge >= 0.3 is 0 Å². The van der Waals surface area contributed by atoms with E-state index in [2.05, 4.69) is 59.6 Å². The average molecular weight is 327 g/mol. The lowest BCUT2D eigenvalue weighted by molar-refractivity contribution is 0.140. The summed E-state index contributed by atoms with van der Waals surface area (Å²) in [5.41, 5.74) is 0. The first-order valence-corrected chi connectivity index (χ1v) is 9.73. The zero-order valence-electron chi connectivity index (χ0n) is 15.1. The number of nitrogens with one attached hydrogen (secondary N) is 1. The third-order valence-corrected chi connectivity index (χ3v) is 6.06. The number of nitrogens with zero attached hydrogens (tertiary/aromatic N) is 3. The molecule has 2 rings (SSSR count). The van der Waals surface area contributed by atoms with Gasteiger partial charge in [0.05, 0.1) is 0 Å². The van der Waals surface area contributed by atoms with Crippen LogP contribution in [-0.4, -0.2) is 72.1 Å². The number of hydrogen-bond donors (Lipinski definition) is 1.